The van der Waals surface area contributed by atoms with Gasteiger partial charge in [-0.3, -0.25) is 14.9 Å². The Morgan fingerprint density at radius 3 is 2.80 bits per heavy atom. The van der Waals surface area contributed by atoms with Gasteiger partial charge in [0, 0.05) is 16.6 Å². The van der Waals surface area contributed by atoms with Crippen molar-refractivity contribution in [2.45, 2.75) is 6.54 Å². The Balaban J connectivity index is 2.04. The number of rotatable bonds is 4. The fourth-order valence-corrected chi connectivity index (χ4v) is 1.90. The highest BCUT2D eigenvalue weighted by Crippen LogP contribution is 2.17. The summed E-state index contributed by atoms with van der Waals surface area (Å²) in [7, 11) is 0. The fourth-order valence-electron chi connectivity index (χ4n) is 1.49. The van der Waals surface area contributed by atoms with Crippen molar-refractivity contribution in [2.24, 2.45) is 0 Å². The van der Waals surface area contributed by atoms with Crippen LogP contribution in [-0.4, -0.2) is 10.8 Å². The average Bonchev–Trinajstić information content (AvgIpc) is 2.89. The Labute approximate surface area is 120 Å². The SMILES string of the molecule is O=C(NCc1cc(Br)ccc1F)c1ccc([N+](=O)[O-])o1. The van der Waals surface area contributed by atoms with E-state index in [2.05, 4.69) is 21.2 Å². The van der Waals surface area contributed by atoms with Crippen LogP contribution in [0, 0.1) is 15.9 Å². The minimum atomic E-state index is -0.745. The molecule has 0 spiro atoms. The highest BCUT2D eigenvalue weighted by molar-refractivity contribution is 9.10. The van der Waals surface area contributed by atoms with E-state index in [1.54, 1.807) is 0 Å². The maximum Gasteiger partial charge on any atom is 0.433 e. The predicted molar refractivity (Wildman–Crippen MR) is 70.6 cm³/mol. The van der Waals surface area contributed by atoms with Crippen molar-refractivity contribution >= 4 is 27.7 Å². The van der Waals surface area contributed by atoms with Crippen LogP contribution >= 0.6 is 15.9 Å². The van der Waals surface area contributed by atoms with E-state index in [-0.39, 0.29) is 17.9 Å². The van der Waals surface area contributed by atoms with Crippen LogP contribution in [0.4, 0.5) is 10.3 Å². The highest BCUT2D eigenvalue weighted by Gasteiger charge is 2.17. The lowest BCUT2D eigenvalue weighted by Crippen LogP contribution is -2.22. The Hall–Kier alpha value is -2.22. The quantitative estimate of drug-likeness (QED) is 0.683. The zero-order valence-electron chi connectivity index (χ0n) is 9.93. The topological polar surface area (TPSA) is 85.4 Å². The molecule has 2 rings (SSSR count). The van der Waals surface area contributed by atoms with E-state index in [1.807, 2.05) is 0 Å². The van der Waals surface area contributed by atoms with E-state index in [0.29, 0.717) is 4.47 Å². The van der Waals surface area contributed by atoms with Gasteiger partial charge in [-0.1, -0.05) is 15.9 Å². The minimum Gasteiger partial charge on any atom is -0.395 e. The molecule has 0 saturated carbocycles. The molecule has 1 heterocycles. The molecule has 0 saturated heterocycles. The molecule has 2 aromatic rings. The van der Waals surface area contributed by atoms with Gasteiger partial charge in [0.15, 0.2) is 5.76 Å². The second-order valence-electron chi connectivity index (χ2n) is 3.81. The van der Waals surface area contributed by atoms with Crippen LogP contribution in [0.1, 0.15) is 16.1 Å². The van der Waals surface area contributed by atoms with Crippen molar-refractivity contribution in [3.8, 4) is 0 Å². The molecule has 0 aliphatic rings. The molecule has 0 aliphatic heterocycles. The number of nitrogens with zero attached hydrogens (tertiary/aromatic N) is 1. The van der Waals surface area contributed by atoms with Gasteiger partial charge in [-0.15, -0.1) is 0 Å². The summed E-state index contributed by atoms with van der Waals surface area (Å²) in [6.07, 6.45) is 0. The zero-order chi connectivity index (χ0) is 14.7. The summed E-state index contributed by atoms with van der Waals surface area (Å²) in [6, 6.07) is 6.60. The number of nitrogens with one attached hydrogen (secondary N) is 1. The van der Waals surface area contributed by atoms with Crippen molar-refractivity contribution in [3.05, 3.63) is 62.1 Å². The third-order valence-corrected chi connectivity index (χ3v) is 2.94. The van der Waals surface area contributed by atoms with Gasteiger partial charge in [0.2, 0.25) is 0 Å². The van der Waals surface area contributed by atoms with Crippen LogP contribution in [0.2, 0.25) is 0 Å². The van der Waals surface area contributed by atoms with Crippen molar-refractivity contribution in [3.63, 3.8) is 0 Å². The molecule has 1 aromatic heterocycles. The third kappa shape index (κ3) is 3.21. The molecule has 0 fully saturated rings. The molecule has 1 aromatic carbocycles. The maximum absolute atomic E-state index is 13.4. The van der Waals surface area contributed by atoms with E-state index in [0.717, 1.165) is 6.07 Å². The molecule has 6 nitrogen and oxygen atoms in total. The average molecular weight is 343 g/mol. The zero-order valence-corrected chi connectivity index (χ0v) is 11.5. The standard InChI is InChI=1S/C12H8BrFN2O4/c13-8-1-2-9(14)7(5-8)6-15-12(17)10-3-4-11(20-10)16(18)19/h1-5H,6H2,(H,15,17). The van der Waals surface area contributed by atoms with Gasteiger partial charge in [-0.25, -0.2) is 4.39 Å². The van der Waals surface area contributed by atoms with Crippen molar-refractivity contribution < 1.29 is 18.5 Å². The minimum absolute atomic E-state index is 0.0569. The summed E-state index contributed by atoms with van der Waals surface area (Å²) < 4.78 is 18.9. The molecular formula is C12H8BrFN2O4. The molecular weight excluding hydrogens is 335 g/mol. The first-order valence-corrected chi connectivity index (χ1v) is 6.23. The normalized spacial score (nSPS) is 10.3. The maximum atomic E-state index is 13.4. The molecule has 0 bridgehead atoms. The second kappa shape index (κ2) is 5.83. The monoisotopic (exact) mass is 342 g/mol. The first-order valence-electron chi connectivity index (χ1n) is 5.43. The summed E-state index contributed by atoms with van der Waals surface area (Å²) in [5, 5.41) is 12.8. The molecule has 1 N–H and O–H groups in total. The molecule has 0 atom stereocenters. The number of carbonyl (C=O) groups excluding carboxylic acids is 1. The second-order valence-corrected chi connectivity index (χ2v) is 4.73. The number of nitro groups is 1. The van der Waals surface area contributed by atoms with Crippen LogP contribution < -0.4 is 5.32 Å². The largest absolute Gasteiger partial charge is 0.433 e. The Morgan fingerprint density at radius 2 is 2.15 bits per heavy atom. The highest BCUT2D eigenvalue weighted by atomic mass is 79.9. The van der Waals surface area contributed by atoms with E-state index >= 15 is 0 Å². The van der Waals surface area contributed by atoms with Gasteiger partial charge < -0.3 is 9.73 Å². The number of carbonyl (C=O) groups is 1. The van der Waals surface area contributed by atoms with Crippen LogP contribution in [-0.2, 0) is 6.54 Å². The van der Waals surface area contributed by atoms with Gasteiger partial charge in [0.25, 0.3) is 5.91 Å². The molecule has 104 valence electrons. The molecule has 0 aliphatic carbocycles. The van der Waals surface area contributed by atoms with Crippen molar-refractivity contribution in [2.75, 3.05) is 0 Å². The molecule has 20 heavy (non-hydrogen) atoms. The molecule has 8 heteroatoms. The van der Waals surface area contributed by atoms with E-state index < -0.39 is 22.5 Å². The van der Waals surface area contributed by atoms with Gasteiger partial charge in [0.05, 0.1) is 6.07 Å². The first-order chi connectivity index (χ1) is 9.47. The summed E-state index contributed by atoms with van der Waals surface area (Å²) in [5.74, 6) is -1.84. The van der Waals surface area contributed by atoms with Gasteiger partial charge in [-0.05, 0) is 24.3 Å². The molecule has 1 amide bonds. The first kappa shape index (κ1) is 14.2. The number of hydrogen-bond acceptors (Lipinski definition) is 4. The summed E-state index contributed by atoms with van der Waals surface area (Å²) in [4.78, 5) is 21.4. The van der Waals surface area contributed by atoms with Crippen LogP contribution in [0.25, 0.3) is 0 Å². The lowest BCUT2D eigenvalue weighted by molar-refractivity contribution is -0.402. The molecule has 0 unspecified atom stereocenters. The number of hydrogen-bond donors (Lipinski definition) is 1. The number of furan rings is 1. The number of amides is 1. The Kier molecular flexibility index (Phi) is 4.14. The fraction of sp³-hybridized carbons (Fsp3) is 0.0833. The Morgan fingerprint density at radius 1 is 1.40 bits per heavy atom. The third-order valence-electron chi connectivity index (χ3n) is 2.44. The number of halogens is 2. The number of benzene rings is 1. The van der Waals surface area contributed by atoms with Gasteiger partial charge >= 0.3 is 5.88 Å². The van der Waals surface area contributed by atoms with Crippen LogP contribution in [0.5, 0.6) is 0 Å². The molecule has 0 radical (unpaired) electrons. The summed E-state index contributed by atoms with van der Waals surface area (Å²) in [5.41, 5.74) is 0.286. The van der Waals surface area contributed by atoms with E-state index in [4.69, 9.17) is 4.42 Å². The summed E-state index contributed by atoms with van der Waals surface area (Å²) >= 11 is 3.19. The Bertz CT molecular complexity index is 671. The van der Waals surface area contributed by atoms with Crippen molar-refractivity contribution in [1.29, 1.82) is 0 Å². The smallest absolute Gasteiger partial charge is 0.395 e. The lowest BCUT2D eigenvalue weighted by Gasteiger charge is -2.05. The lowest BCUT2D eigenvalue weighted by atomic mass is 10.2. The van der Waals surface area contributed by atoms with Crippen molar-refractivity contribution in [1.82, 2.24) is 5.32 Å². The van der Waals surface area contributed by atoms with Crippen LogP contribution in [0.3, 0.4) is 0 Å². The van der Waals surface area contributed by atoms with Gasteiger partial charge in [0.1, 0.15) is 10.7 Å². The predicted octanol–water partition coefficient (Wildman–Crippen LogP) is 3.02. The summed E-state index contributed by atoms with van der Waals surface area (Å²) in [6.45, 7) is -0.0569. The van der Waals surface area contributed by atoms with E-state index in [1.165, 1.54) is 24.3 Å². The van der Waals surface area contributed by atoms with E-state index in [9.17, 15) is 19.3 Å². The van der Waals surface area contributed by atoms with Gasteiger partial charge in [-0.2, -0.15) is 0 Å². The van der Waals surface area contributed by atoms with Crippen LogP contribution in [0.15, 0.2) is 39.2 Å².